The summed E-state index contributed by atoms with van der Waals surface area (Å²) < 4.78 is 6.32. The Morgan fingerprint density at radius 2 is 1.18 bits per heavy atom. The lowest BCUT2D eigenvalue weighted by Crippen LogP contribution is -2.10. The van der Waals surface area contributed by atoms with E-state index in [4.69, 9.17) is 4.42 Å². The van der Waals surface area contributed by atoms with Gasteiger partial charge in [0.2, 0.25) is 5.71 Å². The Bertz CT molecular complexity index is 2180. The third-order valence-electron chi connectivity index (χ3n) is 7.68. The number of anilines is 3. The molecular formula is C37H24N2O. The van der Waals surface area contributed by atoms with Gasteiger partial charge in [-0.1, -0.05) is 84.9 Å². The molecule has 40 heavy (non-hydrogen) atoms. The van der Waals surface area contributed by atoms with Crippen molar-refractivity contribution in [3.8, 4) is 11.1 Å². The van der Waals surface area contributed by atoms with Gasteiger partial charge in [-0.25, -0.2) is 4.98 Å². The van der Waals surface area contributed by atoms with Crippen molar-refractivity contribution < 1.29 is 4.42 Å². The molecule has 0 saturated carbocycles. The van der Waals surface area contributed by atoms with Gasteiger partial charge in [0.1, 0.15) is 5.58 Å². The first-order valence-corrected chi connectivity index (χ1v) is 13.5. The maximum absolute atomic E-state index is 6.32. The van der Waals surface area contributed by atoms with E-state index in [1.54, 1.807) is 6.20 Å². The molecule has 0 bridgehead atoms. The molecule has 0 saturated heterocycles. The van der Waals surface area contributed by atoms with Crippen molar-refractivity contribution in [2.45, 2.75) is 0 Å². The van der Waals surface area contributed by atoms with Crippen LogP contribution in [0, 0.1) is 0 Å². The molecule has 3 nitrogen and oxygen atoms in total. The summed E-state index contributed by atoms with van der Waals surface area (Å²) in [6.45, 7) is 0. The van der Waals surface area contributed by atoms with Crippen LogP contribution >= 0.6 is 0 Å². The minimum absolute atomic E-state index is 0.664. The summed E-state index contributed by atoms with van der Waals surface area (Å²) in [5, 5.41) is 6.74. The second-order valence-corrected chi connectivity index (χ2v) is 10.1. The largest absolute Gasteiger partial charge is 0.437 e. The number of nitrogens with zero attached hydrogens (tertiary/aromatic N) is 2. The van der Waals surface area contributed by atoms with Gasteiger partial charge in [-0.15, -0.1) is 0 Å². The van der Waals surface area contributed by atoms with Crippen LogP contribution in [0.5, 0.6) is 0 Å². The molecule has 0 unspecified atom stereocenters. The van der Waals surface area contributed by atoms with E-state index in [1.807, 2.05) is 6.07 Å². The highest BCUT2D eigenvalue weighted by atomic mass is 16.3. The molecule has 188 valence electrons. The van der Waals surface area contributed by atoms with Gasteiger partial charge >= 0.3 is 0 Å². The SMILES string of the molecule is c1ccc(-c2cccc(N(c3ccc4ccccc4c3)c3ccc4ccc5c6cccnc6oc5c4c3)c2)cc1. The Hall–Kier alpha value is -5.41. The van der Waals surface area contributed by atoms with Gasteiger partial charge < -0.3 is 9.32 Å². The monoisotopic (exact) mass is 512 g/mol. The smallest absolute Gasteiger partial charge is 0.227 e. The molecule has 0 spiro atoms. The van der Waals surface area contributed by atoms with Crippen LogP contribution < -0.4 is 4.90 Å². The average molecular weight is 513 g/mol. The van der Waals surface area contributed by atoms with Crippen LogP contribution in [-0.4, -0.2) is 4.98 Å². The van der Waals surface area contributed by atoms with Crippen LogP contribution in [0.15, 0.2) is 150 Å². The number of benzene rings is 6. The molecule has 0 aliphatic rings. The van der Waals surface area contributed by atoms with Gasteiger partial charge in [-0.3, -0.25) is 0 Å². The third kappa shape index (κ3) is 3.71. The predicted octanol–water partition coefficient (Wildman–Crippen LogP) is 10.4. The molecule has 8 rings (SSSR count). The van der Waals surface area contributed by atoms with Crippen molar-refractivity contribution in [3.63, 3.8) is 0 Å². The maximum Gasteiger partial charge on any atom is 0.227 e. The molecule has 6 aromatic carbocycles. The predicted molar refractivity (Wildman–Crippen MR) is 167 cm³/mol. The molecule has 0 N–H and O–H groups in total. The molecule has 0 radical (unpaired) electrons. The number of furan rings is 1. The Labute approximate surface area is 231 Å². The molecule has 0 aliphatic heterocycles. The summed E-state index contributed by atoms with van der Waals surface area (Å²) in [4.78, 5) is 6.80. The van der Waals surface area contributed by atoms with Gasteiger partial charge in [-0.2, -0.15) is 0 Å². The van der Waals surface area contributed by atoms with Crippen LogP contribution in [-0.2, 0) is 0 Å². The summed E-state index contributed by atoms with van der Waals surface area (Å²) in [5.41, 5.74) is 7.15. The highest BCUT2D eigenvalue weighted by Crippen LogP contribution is 2.41. The number of aromatic nitrogens is 1. The number of hydrogen-bond acceptors (Lipinski definition) is 3. The quantitative estimate of drug-likeness (QED) is 0.235. The van der Waals surface area contributed by atoms with E-state index in [2.05, 4.69) is 143 Å². The number of hydrogen-bond donors (Lipinski definition) is 0. The lowest BCUT2D eigenvalue weighted by molar-refractivity contribution is 0.657. The first-order chi connectivity index (χ1) is 19.8. The van der Waals surface area contributed by atoms with Crippen LogP contribution in [0.1, 0.15) is 0 Å². The van der Waals surface area contributed by atoms with Gasteiger partial charge in [0, 0.05) is 39.4 Å². The summed E-state index contributed by atoms with van der Waals surface area (Å²) in [5.74, 6) is 0. The highest BCUT2D eigenvalue weighted by molar-refractivity contribution is 6.15. The van der Waals surface area contributed by atoms with Crippen molar-refractivity contribution >= 4 is 60.7 Å². The first kappa shape index (κ1) is 22.6. The summed E-state index contributed by atoms with van der Waals surface area (Å²) >= 11 is 0. The second kappa shape index (κ2) is 9.11. The van der Waals surface area contributed by atoms with Crippen LogP contribution in [0.2, 0.25) is 0 Å². The molecule has 0 amide bonds. The lowest BCUT2D eigenvalue weighted by atomic mass is 10.0. The Balaban J connectivity index is 1.37. The number of pyridine rings is 1. The topological polar surface area (TPSA) is 29.3 Å². The molecule has 0 aliphatic carbocycles. The fourth-order valence-electron chi connectivity index (χ4n) is 5.73. The zero-order valence-corrected chi connectivity index (χ0v) is 21.7. The van der Waals surface area contributed by atoms with Gasteiger partial charge in [0.25, 0.3) is 0 Å². The van der Waals surface area contributed by atoms with Crippen molar-refractivity contribution in [3.05, 3.63) is 146 Å². The summed E-state index contributed by atoms with van der Waals surface area (Å²) in [6.07, 6.45) is 1.78. The van der Waals surface area contributed by atoms with E-state index in [9.17, 15) is 0 Å². The standard InChI is InChI=1S/C37H24N2O/c1-2-8-25(9-3-1)29-12-6-13-30(22-29)39(31-18-15-26-10-4-5-11-28(26)23-31)32-19-16-27-17-20-33-34-14-7-21-38-37(34)40-36(33)35(27)24-32/h1-24H. The van der Waals surface area contributed by atoms with Crippen LogP contribution in [0.3, 0.4) is 0 Å². The Kier molecular flexibility index (Phi) is 5.14. The molecule has 0 fully saturated rings. The first-order valence-electron chi connectivity index (χ1n) is 13.5. The fraction of sp³-hybridized carbons (Fsp3) is 0. The molecule has 2 heterocycles. The minimum Gasteiger partial charge on any atom is -0.437 e. The van der Waals surface area contributed by atoms with E-state index in [1.165, 1.54) is 21.9 Å². The van der Waals surface area contributed by atoms with Gasteiger partial charge in [0.15, 0.2) is 0 Å². The fourth-order valence-corrected chi connectivity index (χ4v) is 5.73. The van der Waals surface area contributed by atoms with Crippen molar-refractivity contribution in [2.75, 3.05) is 4.90 Å². The molecular weight excluding hydrogens is 488 g/mol. The summed E-state index contributed by atoms with van der Waals surface area (Å²) in [7, 11) is 0. The van der Waals surface area contributed by atoms with Gasteiger partial charge in [-0.05, 0) is 81.9 Å². The van der Waals surface area contributed by atoms with Crippen molar-refractivity contribution in [1.29, 1.82) is 0 Å². The van der Waals surface area contributed by atoms with Crippen molar-refractivity contribution in [2.24, 2.45) is 0 Å². The van der Waals surface area contributed by atoms with Crippen LogP contribution in [0.25, 0.3) is 54.7 Å². The zero-order chi connectivity index (χ0) is 26.5. The molecule has 8 aromatic rings. The van der Waals surface area contributed by atoms with E-state index in [-0.39, 0.29) is 0 Å². The zero-order valence-electron chi connectivity index (χ0n) is 21.7. The summed E-state index contributed by atoms with van der Waals surface area (Å²) in [6, 6.07) is 49.4. The highest BCUT2D eigenvalue weighted by Gasteiger charge is 2.17. The lowest BCUT2D eigenvalue weighted by Gasteiger charge is -2.26. The molecule has 0 atom stereocenters. The number of rotatable bonds is 4. The van der Waals surface area contributed by atoms with E-state index in [0.29, 0.717) is 5.71 Å². The average Bonchev–Trinajstić information content (AvgIpc) is 3.41. The third-order valence-corrected chi connectivity index (χ3v) is 7.68. The maximum atomic E-state index is 6.32. The molecule has 3 heteroatoms. The van der Waals surface area contributed by atoms with E-state index >= 15 is 0 Å². The van der Waals surface area contributed by atoms with Crippen molar-refractivity contribution in [1.82, 2.24) is 4.98 Å². The Morgan fingerprint density at radius 1 is 0.450 bits per heavy atom. The minimum atomic E-state index is 0.664. The second-order valence-electron chi connectivity index (χ2n) is 10.1. The molecule has 2 aromatic heterocycles. The number of fused-ring (bicyclic) bond motifs is 6. The normalized spacial score (nSPS) is 11.5. The van der Waals surface area contributed by atoms with E-state index < -0.39 is 0 Å². The van der Waals surface area contributed by atoms with E-state index in [0.717, 1.165) is 44.2 Å². The van der Waals surface area contributed by atoms with Crippen LogP contribution in [0.4, 0.5) is 17.1 Å². The Morgan fingerprint density at radius 3 is 2.08 bits per heavy atom. The van der Waals surface area contributed by atoms with Gasteiger partial charge in [0.05, 0.1) is 0 Å².